The van der Waals surface area contributed by atoms with Gasteiger partial charge in [-0.25, -0.2) is 4.79 Å². The molecule has 2 amide bonds. The molecular weight excluding hydrogens is 446 g/mol. The molecule has 0 saturated heterocycles. The van der Waals surface area contributed by atoms with Crippen molar-refractivity contribution in [1.82, 2.24) is 15.4 Å². The third-order valence-electron chi connectivity index (χ3n) is 5.12. The number of carbonyl (C=O) groups excluding carboxylic acids is 1. The Morgan fingerprint density at radius 1 is 1.12 bits per heavy atom. The zero-order valence-electron chi connectivity index (χ0n) is 18.9. The number of halogens is 1. The maximum Gasteiger partial charge on any atom is 0.407 e. The zero-order valence-corrected chi connectivity index (χ0v) is 19.7. The van der Waals surface area contributed by atoms with E-state index in [1.165, 1.54) is 4.90 Å². The van der Waals surface area contributed by atoms with E-state index < -0.39 is 11.6 Å². The maximum absolute atomic E-state index is 12.6. The van der Waals surface area contributed by atoms with E-state index in [1.807, 2.05) is 51.1 Å². The van der Waals surface area contributed by atoms with Gasteiger partial charge in [-0.05, 0) is 62.9 Å². The van der Waals surface area contributed by atoms with Gasteiger partial charge in [0, 0.05) is 18.6 Å². The Morgan fingerprint density at radius 3 is 2.45 bits per heavy atom. The van der Waals surface area contributed by atoms with Crippen LogP contribution in [0.3, 0.4) is 0 Å². The molecule has 2 aromatic heterocycles. The van der Waals surface area contributed by atoms with E-state index in [4.69, 9.17) is 20.5 Å². The highest BCUT2D eigenvalue weighted by Gasteiger charge is 2.25. The summed E-state index contributed by atoms with van der Waals surface area (Å²) >= 11 is 5.92. The molecule has 0 radical (unpaired) electrons. The number of hydrogen-bond acceptors (Lipinski definition) is 5. The monoisotopic (exact) mass is 473 g/mol. The topological polar surface area (TPSA) is 109 Å². The first-order valence-corrected chi connectivity index (χ1v) is 11.1. The second-order valence-electron chi connectivity index (χ2n) is 8.64. The van der Waals surface area contributed by atoms with Crippen molar-refractivity contribution in [3.8, 4) is 22.6 Å². The summed E-state index contributed by atoms with van der Waals surface area (Å²) in [5.41, 5.74) is 1.54. The van der Waals surface area contributed by atoms with Crippen LogP contribution in [0, 0.1) is 0 Å². The van der Waals surface area contributed by atoms with Gasteiger partial charge in [-0.3, -0.25) is 4.79 Å². The molecule has 0 bridgehead atoms. The van der Waals surface area contributed by atoms with E-state index in [0.717, 1.165) is 5.56 Å². The van der Waals surface area contributed by atoms with E-state index in [9.17, 15) is 14.7 Å². The van der Waals surface area contributed by atoms with E-state index in [2.05, 4.69) is 10.5 Å². The zero-order chi connectivity index (χ0) is 24.0. The molecule has 0 aliphatic heterocycles. The Labute approximate surface area is 197 Å². The Bertz CT molecular complexity index is 1090. The minimum atomic E-state index is -0.945. The number of carboxylic acid groups (broad SMARTS) is 1. The molecule has 3 aromatic rings. The lowest BCUT2D eigenvalue weighted by Gasteiger charge is -2.33. The van der Waals surface area contributed by atoms with Crippen molar-refractivity contribution < 1.29 is 23.6 Å². The van der Waals surface area contributed by atoms with Crippen molar-refractivity contribution in [3.05, 3.63) is 53.4 Å². The molecule has 0 atom stereocenters. The van der Waals surface area contributed by atoms with Gasteiger partial charge in [0.25, 0.3) is 0 Å². The summed E-state index contributed by atoms with van der Waals surface area (Å²) in [6.07, 6.45) is 0.364. The molecule has 0 fully saturated rings. The van der Waals surface area contributed by atoms with Crippen molar-refractivity contribution >= 4 is 23.6 Å². The van der Waals surface area contributed by atoms with Gasteiger partial charge in [-0.15, -0.1) is 0 Å². The summed E-state index contributed by atoms with van der Waals surface area (Å²) in [6, 6.07) is 12.8. The first kappa shape index (κ1) is 24.4. The van der Waals surface area contributed by atoms with Crippen LogP contribution in [0.2, 0.25) is 5.22 Å². The second-order valence-corrected chi connectivity index (χ2v) is 9.01. The number of aromatic nitrogens is 1. The molecule has 3 rings (SSSR count). The van der Waals surface area contributed by atoms with Crippen LogP contribution < -0.4 is 5.32 Å². The molecule has 33 heavy (non-hydrogen) atoms. The van der Waals surface area contributed by atoms with Crippen molar-refractivity contribution in [2.24, 2.45) is 0 Å². The highest BCUT2D eigenvalue weighted by atomic mass is 35.5. The molecule has 0 unspecified atom stereocenters. The Morgan fingerprint density at radius 2 is 1.85 bits per heavy atom. The molecule has 0 saturated carbocycles. The summed E-state index contributed by atoms with van der Waals surface area (Å²) in [5.74, 6) is 0.667. The third-order valence-corrected chi connectivity index (χ3v) is 5.33. The number of unbranched alkanes of at least 4 members (excludes halogenated alkanes) is 1. The molecule has 0 aliphatic rings. The Kier molecular flexibility index (Phi) is 7.81. The first-order valence-electron chi connectivity index (χ1n) is 10.7. The fraction of sp³-hybridized carbons (Fsp3) is 0.375. The van der Waals surface area contributed by atoms with Gasteiger partial charge in [0.2, 0.25) is 5.91 Å². The number of rotatable bonds is 9. The van der Waals surface area contributed by atoms with Crippen molar-refractivity contribution in [1.29, 1.82) is 0 Å². The number of hydrogen-bond donors (Lipinski definition) is 2. The van der Waals surface area contributed by atoms with Crippen LogP contribution in [0.1, 0.15) is 39.4 Å². The lowest BCUT2D eigenvalue weighted by molar-refractivity contribution is -0.120. The number of nitrogens with one attached hydrogen (secondary N) is 1. The summed E-state index contributed by atoms with van der Waals surface area (Å²) in [7, 11) is 0. The Hall–Kier alpha value is -3.26. The highest BCUT2D eigenvalue weighted by molar-refractivity contribution is 6.29. The average molecular weight is 474 g/mol. The molecule has 0 spiro atoms. The van der Waals surface area contributed by atoms with Crippen LogP contribution in [-0.4, -0.2) is 45.8 Å². The standard InChI is InChI=1S/C24H28ClN3O5/c1-24(2,3)28(23(30)31)14-8-7-13-26-20(29)15-18-21(16-9-5-4-6-10-16)22(27-33-18)17-11-12-19(25)32-17/h4-6,9-12H,7-8,13-15H2,1-3H3,(H,26,29)(H,30,31). The van der Waals surface area contributed by atoms with Crippen LogP contribution in [0.25, 0.3) is 22.6 Å². The first-order chi connectivity index (χ1) is 15.7. The molecule has 2 heterocycles. The van der Waals surface area contributed by atoms with Crippen molar-refractivity contribution in [3.63, 3.8) is 0 Å². The summed E-state index contributed by atoms with van der Waals surface area (Å²) in [6.45, 7) is 6.41. The van der Waals surface area contributed by atoms with E-state index >= 15 is 0 Å². The van der Waals surface area contributed by atoms with E-state index in [0.29, 0.717) is 48.7 Å². The highest BCUT2D eigenvalue weighted by Crippen LogP contribution is 2.36. The quantitative estimate of drug-likeness (QED) is 0.399. The minimum Gasteiger partial charge on any atom is -0.465 e. The smallest absolute Gasteiger partial charge is 0.407 e. The van der Waals surface area contributed by atoms with Gasteiger partial charge in [0.05, 0.1) is 12.0 Å². The largest absolute Gasteiger partial charge is 0.465 e. The molecular formula is C24H28ClN3O5. The molecule has 176 valence electrons. The van der Waals surface area contributed by atoms with Crippen LogP contribution in [0.4, 0.5) is 4.79 Å². The fourth-order valence-corrected chi connectivity index (χ4v) is 3.65. The number of furan rings is 1. The van der Waals surface area contributed by atoms with Crippen molar-refractivity contribution in [2.45, 2.75) is 45.6 Å². The summed E-state index contributed by atoms with van der Waals surface area (Å²) in [4.78, 5) is 25.4. The number of amides is 2. The third kappa shape index (κ3) is 6.38. The van der Waals surface area contributed by atoms with Gasteiger partial charge in [0.1, 0.15) is 0 Å². The SMILES string of the molecule is CC(C)(C)N(CCCCNC(=O)Cc1onc(-c2ccc(Cl)o2)c1-c1ccccc1)C(=O)O. The van der Waals surface area contributed by atoms with E-state index in [1.54, 1.807) is 12.1 Å². The predicted octanol–water partition coefficient (Wildman–Crippen LogP) is 5.47. The van der Waals surface area contributed by atoms with Gasteiger partial charge in [-0.1, -0.05) is 35.5 Å². The number of nitrogens with zero attached hydrogens (tertiary/aromatic N) is 2. The second kappa shape index (κ2) is 10.6. The predicted molar refractivity (Wildman–Crippen MR) is 125 cm³/mol. The maximum atomic E-state index is 12.6. The lowest BCUT2D eigenvalue weighted by Crippen LogP contribution is -2.45. The lowest BCUT2D eigenvalue weighted by atomic mass is 10.0. The van der Waals surface area contributed by atoms with Gasteiger partial charge in [0.15, 0.2) is 22.4 Å². The summed E-state index contributed by atoms with van der Waals surface area (Å²) in [5, 5.41) is 16.6. The minimum absolute atomic E-state index is 0.00884. The summed E-state index contributed by atoms with van der Waals surface area (Å²) < 4.78 is 11.0. The molecule has 1 aromatic carbocycles. The van der Waals surface area contributed by atoms with Crippen LogP contribution in [-0.2, 0) is 11.2 Å². The number of carbonyl (C=O) groups is 2. The van der Waals surface area contributed by atoms with E-state index in [-0.39, 0.29) is 17.5 Å². The average Bonchev–Trinajstić information content (AvgIpc) is 3.36. The molecule has 2 N–H and O–H groups in total. The van der Waals surface area contributed by atoms with Crippen LogP contribution >= 0.6 is 11.6 Å². The van der Waals surface area contributed by atoms with Gasteiger partial charge < -0.3 is 24.3 Å². The normalized spacial score (nSPS) is 11.4. The van der Waals surface area contributed by atoms with Gasteiger partial charge in [-0.2, -0.15) is 0 Å². The van der Waals surface area contributed by atoms with Crippen LogP contribution in [0.5, 0.6) is 0 Å². The van der Waals surface area contributed by atoms with Crippen molar-refractivity contribution in [2.75, 3.05) is 13.1 Å². The molecule has 0 aliphatic carbocycles. The Balaban J connectivity index is 1.62. The van der Waals surface area contributed by atoms with Crippen LogP contribution in [0.15, 0.2) is 51.4 Å². The fourth-order valence-electron chi connectivity index (χ4n) is 3.51. The molecule has 8 nitrogen and oxygen atoms in total. The molecule has 9 heteroatoms. The van der Waals surface area contributed by atoms with Gasteiger partial charge >= 0.3 is 6.09 Å². The number of benzene rings is 1.